The number of likely N-dealkylation sites (tertiary alicyclic amines) is 1. The van der Waals surface area contributed by atoms with Gasteiger partial charge in [0.25, 0.3) is 0 Å². The summed E-state index contributed by atoms with van der Waals surface area (Å²) < 4.78 is 26.8. The standard InChI is InChI=1S/C14H22ClN3O2S/c1-17-7-3-4-12(17)10-18(2)21(19,20)14-8-11(9-16)5-6-13(14)15/h5-6,8,12H,3-4,7,9-10,16H2,1-2H3. The third-order valence-corrected chi connectivity index (χ3v) is 6.36. The number of likely N-dealkylation sites (N-methyl/N-ethyl adjacent to an activating group) is 2. The van der Waals surface area contributed by atoms with Crippen molar-refractivity contribution in [1.29, 1.82) is 0 Å². The highest BCUT2D eigenvalue weighted by Crippen LogP contribution is 2.26. The van der Waals surface area contributed by atoms with E-state index in [1.807, 2.05) is 7.05 Å². The molecule has 0 aromatic heterocycles. The average molecular weight is 332 g/mol. The molecule has 0 radical (unpaired) electrons. The van der Waals surface area contributed by atoms with E-state index < -0.39 is 10.0 Å². The van der Waals surface area contributed by atoms with Gasteiger partial charge < -0.3 is 10.6 Å². The van der Waals surface area contributed by atoms with Gasteiger partial charge in [-0.1, -0.05) is 17.7 Å². The summed E-state index contributed by atoms with van der Waals surface area (Å²) in [5, 5.41) is 0.235. The van der Waals surface area contributed by atoms with Crippen molar-refractivity contribution in [1.82, 2.24) is 9.21 Å². The van der Waals surface area contributed by atoms with Crippen molar-refractivity contribution in [2.75, 3.05) is 27.2 Å². The molecule has 2 N–H and O–H groups in total. The van der Waals surface area contributed by atoms with Gasteiger partial charge in [-0.15, -0.1) is 0 Å². The van der Waals surface area contributed by atoms with Crippen LogP contribution in [0.3, 0.4) is 0 Å². The summed E-state index contributed by atoms with van der Waals surface area (Å²) in [7, 11) is 0.0381. The highest BCUT2D eigenvalue weighted by molar-refractivity contribution is 7.89. The monoisotopic (exact) mass is 331 g/mol. The normalized spacial score (nSPS) is 20.3. The number of hydrogen-bond donors (Lipinski definition) is 1. The van der Waals surface area contributed by atoms with Gasteiger partial charge in [-0.2, -0.15) is 4.31 Å². The van der Waals surface area contributed by atoms with Crippen molar-refractivity contribution < 1.29 is 8.42 Å². The Kier molecular flexibility index (Phi) is 5.27. The van der Waals surface area contributed by atoms with E-state index in [4.69, 9.17) is 17.3 Å². The predicted octanol–water partition coefficient (Wildman–Crippen LogP) is 1.51. The lowest BCUT2D eigenvalue weighted by Crippen LogP contribution is -2.39. The summed E-state index contributed by atoms with van der Waals surface area (Å²) in [5.74, 6) is 0. The number of benzene rings is 1. The van der Waals surface area contributed by atoms with Gasteiger partial charge >= 0.3 is 0 Å². The molecule has 0 amide bonds. The van der Waals surface area contributed by atoms with Crippen molar-refractivity contribution in [2.45, 2.75) is 30.3 Å². The summed E-state index contributed by atoms with van der Waals surface area (Å²) in [6.45, 7) is 1.78. The largest absolute Gasteiger partial charge is 0.326 e. The van der Waals surface area contributed by atoms with E-state index in [9.17, 15) is 8.42 Å². The molecule has 7 heteroatoms. The Balaban J connectivity index is 2.24. The summed E-state index contributed by atoms with van der Waals surface area (Å²) in [4.78, 5) is 2.33. The zero-order valence-corrected chi connectivity index (χ0v) is 14.0. The fraction of sp³-hybridized carbons (Fsp3) is 0.571. The minimum absolute atomic E-state index is 0.135. The zero-order chi connectivity index (χ0) is 15.6. The van der Waals surface area contributed by atoms with Crippen LogP contribution in [0, 0.1) is 0 Å². The Bertz CT molecular complexity index is 606. The first-order chi connectivity index (χ1) is 9.86. The number of hydrogen-bond acceptors (Lipinski definition) is 4. The van der Waals surface area contributed by atoms with E-state index in [0.29, 0.717) is 6.54 Å². The first kappa shape index (κ1) is 16.7. The van der Waals surface area contributed by atoms with E-state index in [1.165, 1.54) is 4.31 Å². The summed E-state index contributed by atoms with van der Waals surface area (Å²) in [6.07, 6.45) is 2.13. The summed E-state index contributed by atoms with van der Waals surface area (Å²) >= 11 is 6.07. The summed E-state index contributed by atoms with van der Waals surface area (Å²) in [6, 6.07) is 5.16. The van der Waals surface area contributed by atoms with Crippen molar-refractivity contribution in [3.8, 4) is 0 Å². The molecular weight excluding hydrogens is 310 g/mol. The third-order valence-electron chi connectivity index (χ3n) is 4.06. The molecule has 1 aliphatic rings. The molecule has 1 atom stereocenters. The molecule has 118 valence electrons. The smallest absolute Gasteiger partial charge is 0.244 e. The van der Waals surface area contributed by atoms with Crippen LogP contribution in [0.15, 0.2) is 23.1 Å². The lowest BCUT2D eigenvalue weighted by molar-refractivity contribution is 0.271. The molecule has 1 unspecified atom stereocenters. The maximum absolute atomic E-state index is 12.7. The zero-order valence-electron chi connectivity index (χ0n) is 12.4. The molecule has 1 aliphatic heterocycles. The van der Waals surface area contributed by atoms with Crippen LogP contribution < -0.4 is 5.73 Å². The minimum atomic E-state index is -3.59. The lowest BCUT2D eigenvalue weighted by atomic mass is 10.2. The number of nitrogens with two attached hydrogens (primary N) is 1. The van der Waals surface area contributed by atoms with Crippen LogP contribution in [0.5, 0.6) is 0 Å². The van der Waals surface area contributed by atoms with E-state index in [0.717, 1.165) is 24.9 Å². The maximum atomic E-state index is 12.7. The fourth-order valence-electron chi connectivity index (χ4n) is 2.65. The van der Waals surface area contributed by atoms with Gasteiger partial charge in [0.2, 0.25) is 10.0 Å². The van der Waals surface area contributed by atoms with E-state index in [-0.39, 0.29) is 22.5 Å². The van der Waals surface area contributed by atoms with Crippen molar-refractivity contribution in [3.05, 3.63) is 28.8 Å². The van der Waals surface area contributed by atoms with Crippen molar-refractivity contribution >= 4 is 21.6 Å². The number of sulfonamides is 1. The second kappa shape index (κ2) is 6.62. The number of nitrogens with zero attached hydrogens (tertiary/aromatic N) is 2. The molecule has 1 saturated heterocycles. The molecule has 1 aromatic rings. The fourth-order valence-corrected chi connectivity index (χ4v) is 4.37. The van der Waals surface area contributed by atoms with Crippen LogP contribution in [0.4, 0.5) is 0 Å². The molecule has 5 nitrogen and oxygen atoms in total. The molecule has 0 spiro atoms. The molecule has 1 heterocycles. The SMILES string of the molecule is CN1CCCC1CN(C)S(=O)(=O)c1cc(CN)ccc1Cl. The molecule has 21 heavy (non-hydrogen) atoms. The van der Waals surface area contributed by atoms with Crippen LogP contribution in [0.2, 0.25) is 5.02 Å². The van der Waals surface area contributed by atoms with Crippen molar-refractivity contribution in [3.63, 3.8) is 0 Å². The van der Waals surface area contributed by atoms with Crippen molar-refractivity contribution in [2.24, 2.45) is 5.73 Å². The molecule has 0 aliphatic carbocycles. The Hall–Kier alpha value is -0.660. The summed E-state index contributed by atoms with van der Waals surface area (Å²) in [5.41, 5.74) is 6.33. The van der Waals surface area contributed by atoms with E-state index in [1.54, 1.807) is 25.2 Å². The lowest BCUT2D eigenvalue weighted by Gasteiger charge is -2.25. The molecule has 1 aromatic carbocycles. The highest BCUT2D eigenvalue weighted by atomic mass is 35.5. The Morgan fingerprint density at radius 3 is 2.76 bits per heavy atom. The van der Waals surface area contributed by atoms with Crippen LogP contribution >= 0.6 is 11.6 Å². The van der Waals surface area contributed by atoms with Gasteiger partial charge in [0, 0.05) is 26.2 Å². The van der Waals surface area contributed by atoms with Crippen LogP contribution in [0.1, 0.15) is 18.4 Å². The molecule has 0 saturated carbocycles. The first-order valence-corrected chi connectivity index (χ1v) is 8.83. The Morgan fingerprint density at radius 2 is 2.19 bits per heavy atom. The van der Waals surface area contributed by atoms with Gasteiger partial charge in [0.1, 0.15) is 4.90 Å². The van der Waals surface area contributed by atoms with Gasteiger partial charge in [0.15, 0.2) is 0 Å². The first-order valence-electron chi connectivity index (χ1n) is 7.01. The van der Waals surface area contributed by atoms with E-state index in [2.05, 4.69) is 4.90 Å². The van der Waals surface area contributed by atoms with Crippen LogP contribution in [-0.2, 0) is 16.6 Å². The van der Waals surface area contributed by atoms with Gasteiger partial charge in [-0.3, -0.25) is 0 Å². The van der Waals surface area contributed by atoms with Gasteiger partial charge in [-0.05, 0) is 44.1 Å². The molecular formula is C14H22ClN3O2S. The Morgan fingerprint density at radius 1 is 1.48 bits per heavy atom. The molecule has 1 fully saturated rings. The van der Waals surface area contributed by atoms with Gasteiger partial charge in [0.05, 0.1) is 5.02 Å². The quantitative estimate of drug-likeness (QED) is 0.888. The number of halogens is 1. The number of rotatable bonds is 5. The highest BCUT2D eigenvalue weighted by Gasteiger charge is 2.29. The second-order valence-electron chi connectivity index (χ2n) is 5.53. The van der Waals surface area contributed by atoms with Crippen LogP contribution in [-0.4, -0.2) is 50.8 Å². The van der Waals surface area contributed by atoms with E-state index >= 15 is 0 Å². The van der Waals surface area contributed by atoms with Gasteiger partial charge in [-0.25, -0.2) is 8.42 Å². The molecule has 2 rings (SSSR count). The minimum Gasteiger partial charge on any atom is -0.326 e. The second-order valence-corrected chi connectivity index (χ2v) is 7.95. The topological polar surface area (TPSA) is 66.6 Å². The van der Waals surface area contributed by atoms with Crippen LogP contribution in [0.25, 0.3) is 0 Å². The predicted molar refractivity (Wildman–Crippen MR) is 84.8 cm³/mol. The molecule has 0 bridgehead atoms. The Labute approximate surface area is 131 Å². The third kappa shape index (κ3) is 3.57. The average Bonchev–Trinajstić information content (AvgIpc) is 2.84. The maximum Gasteiger partial charge on any atom is 0.244 e.